The second kappa shape index (κ2) is 54.0. The predicted molar refractivity (Wildman–Crippen MR) is 356 cm³/mol. The van der Waals surface area contributed by atoms with Crippen molar-refractivity contribution in [1.82, 2.24) is 35.1 Å². The van der Waals surface area contributed by atoms with Gasteiger partial charge in [0.1, 0.15) is 42.0 Å². The zero-order valence-electron chi connectivity index (χ0n) is 60.4. The molecule has 588 valence electrons. The van der Waals surface area contributed by atoms with E-state index in [0.29, 0.717) is 139 Å². The molecule has 2 aliphatic heterocycles. The van der Waals surface area contributed by atoms with Gasteiger partial charge in [-0.15, -0.1) is 11.8 Å². The molecule has 0 bridgehead atoms. The number of anilines is 1. The van der Waals surface area contributed by atoms with E-state index < -0.39 is 95.7 Å². The van der Waals surface area contributed by atoms with Crippen LogP contribution in [0.4, 0.5) is 5.82 Å². The average molecular weight is 1590 g/mol. The summed E-state index contributed by atoms with van der Waals surface area (Å²) in [5, 5.41) is 25.9. The van der Waals surface area contributed by atoms with Crippen LogP contribution >= 0.6 is 35.2 Å². The summed E-state index contributed by atoms with van der Waals surface area (Å²) in [6.45, 7) is 17.2. The van der Waals surface area contributed by atoms with Gasteiger partial charge in [0.15, 0.2) is 17.7 Å². The van der Waals surface area contributed by atoms with E-state index in [0.717, 1.165) is 46.9 Å². The number of nitrogens with zero attached hydrogens (tertiary/aromatic N) is 5. The van der Waals surface area contributed by atoms with Gasteiger partial charge < -0.3 is 117 Å². The molecular weight excluding hydrogens is 1490 g/mol. The number of fused-ring (bicyclic) bond motifs is 1. The number of phosphoric acid groups is 3. The SMILES string of the molecule is CC(C)(C)CCOCCOCCOCCOCCOCCOCCOCCOCCOCCOCCOCCOCCC(=O)CCCN1C(=O)CC(SCCNC(=O)CCNC(=O)[C@H](O)C(C)(C)COP(=O)([O-])OP(=O)([O-])OC[C@H]2O[C@@H](n3cnc4c(N)ncnc43)[C@@H](O)C2OP(=O)(O)O)C1=O.[Na+].[Na+]. The minimum Gasteiger partial charge on any atom is -0.756 e. The van der Waals surface area contributed by atoms with Crippen LogP contribution in [0.25, 0.3) is 11.2 Å². The van der Waals surface area contributed by atoms with Gasteiger partial charge in [-0.1, -0.05) is 34.6 Å². The number of likely N-dealkylation sites (tertiary alicyclic amines) is 1. The number of carbonyl (C=O) groups excluding carboxylic acids is 5. The van der Waals surface area contributed by atoms with Crippen molar-refractivity contribution in [3.8, 4) is 0 Å². The molecule has 4 amide bonds. The largest absolute Gasteiger partial charge is 1.00 e. The molecule has 39 nitrogen and oxygen atoms in total. The van der Waals surface area contributed by atoms with E-state index in [1.807, 2.05) is 0 Å². The summed E-state index contributed by atoms with van der Waals surface area (Å²) >= 11 is 1.16. The Balaban J connectivity index is 0.0000184. The van der Waals surface area contributed by atoms with Crippen LogP contribution in [-0.2, 0) is 117 Å². The Morgan fingerprint density at radius 3 is 1.62 bits per heavy atom. The number of ketones is 1. The predicted octanol–water partition coefficient (Wildman–Crippen LogP) is -6.62. The zero-order chi connectivity index (χ0) is 74.9. The van der Waals surface area contributed by atoms with Crippen LogP contribution in [0.5, 0.6) is 0 Å². The molecule has 4 rings (SSSR count). The second-order valence-corrected chi connectivity index (χ2v) is 30.0. The summed E-state index contributed by atoms with van der Waals surface area (Å²) in [5.74, 6) is -2.27. The molecule has 104 heavy (non-hydrogen) atoms. The number of nitrogens with one attached hydrogen (secondary N) is 2. The van der Waals surface area contributed by atoms with E-state index in [1.165, 1.54) is 13.8 Å². The summed E-state index contributed by atoms with van der Waals surface area (Å²) in [6.07, 6.45) is -5.92. The molecule has 0 aliphatic carbocycles. The molecule has 0 spiro atoms. The third-order valence-corrected chi connectivity index (χ3v) is 18.7. The topological polar surface area (TPSA) is 517 Å². The van der Waals surface area contributed by atoms with E-state index in [1.54, 1.807) is 0 Å². The molecule has 0 radical (unpaired) electrons. The van der Waals surface area contributed by atoms with E-state index in [4.69, 9.17) is 67.3 Å². The average Bonchev–Trinajstić information content (AvgIpc) is 1.62. The van der Waals surface area contributed by atoms with Crippen LogP contribution in [0.15, 0.2) is 12.7 Å². The van der Waals surface area contributed by atoms with Crippen molar-refractivity contribution in [1.29, 1.82) is 0 Å². The van der Waals surface area contributed by atoms with Gasteiger partial charge in [-0.3, -0.25) is 47.1 Å². The number of hydrogen-bond donors (Lipinski definition) is 7. The third kappa shape index (κ3) is 42.6. The number of rotatable bonds is 62. The number of aliphatic hydroxyl groups excluding tert-OH is 2. The number of amides is 4. The Morgan fingerprint density at radius 1 is 0.673 bits per heavy atom. The Bertz CT molecular complexity index is 2920. The molecule has 45 heteroatoms. The van der Waals surface area contributed by atoms with E-state index in [-0.39, 0.29) is 164 Å². The normalized spacial score (nSPS) is 18.7. The molecular formula is C59H103N8Na2O31P3S. The van der Waals surface area contributed by atoms with Crippen molar-refractivity contribution >= 4 is 81.6 Å². The molecule has 8 N–H and O–H groups in total. The van der Waals surface area contributed by atoms with Crippen LogP contribution in [0.1, 0.15) is 79.4 Å². The molecule has 8 atom stereocenters. The van der Waals surface area contributed by atoms with Gasteiger partial charge in [0.2, 0.25) is 23.6 Å². The van der Waals surface area contributed by atoms with Gasteiger partial charge in [0.25, 0.3) is 15.6 Å². The number of hydrogen-bond acceptors (Lipinski definition) is 34. The number of carbonyl (C=O) groups is 5. The fourth-order valence-corrected chi connectivity index (χ4v) is 12.8. The maximum absolute atomic E-state index is 13.0. The van der Waals surface area contributed by atoms with Gasteiger partial charge in [-0.05, 0) is 18.3 Å². The van der Waals surface area contributed by atoms with Crippen LogP contribution in [0.2, 0.25) is 0 Å². The van der Waals surface area contributed by atoms with E-state index in [2.05, 4.69) is 64.2 Å². The molecule has 2 saturated heterocycles. The number of Topliss-reactive ketones (excluding diaryl/α,β-unsaturated/α-hetero) is 1. The smallest absolute Gasteiger partial charge is 0.756 e. The minimum absolute atomic E-state index is 0. The number of aliphatic hydroxyl groups is 2. The second-order valence-electron chi connectivity index (χ2n) is 24.5. The molecule has 4 heterocycles. The zero-order valence-corrected chi connectivity index (χ0v) is 67.9. The van der Waals surface area contributed by atoms with Gasteiger partial charge >= 0.3 is 66.9 Å². The molecule has 0 saturated carbocycles. The summed E-state index contributed by atoms with van der Waals surface area (Å²) < 4.78 is 128. The monoisotopic (exact) mass is 1590 g/mol. The molecule has 2 fully saturated rings. The van der Waals surface area contributed by atoms with E-state index >= 15 is 0 Å². The fraction of sp³-hybridized carbons (Fsp3) is 0.831. The van der Waals surface area contributed by atoms with Gasteiger partial charge in [0.05, 0.1) is 177 Å². The van der Waals surface area contributed by atoms with Crippen molar-refractivity contribution in [3.05, 3.63) is 12.7 Å². The maximum atomic E-state index is 13.0. The number of thioether (sulfide) groups is 1. The van der Waals surface area contributed by atoms with Gasteiger partial charge in [-0.2, -0.15) is 0 Å². The Kier molecular flexibility index (Phi) is 51.0. The van der Waals surface area contributed by atoms with Crippen LogP contribution in [-0.4, -0.2) is 301 Å². The number of phosphoric ester groups is 3. The molecule has 2 aromatic rings. The van der Waals surface area contributed by atoms with Crippen molar-refractivity contribution in [2.45, 2.75) is 109 Å². The number of imidazole rings is 1. The Labute approximate surface area is 653 Å². The number of nitrogens with two attached hydrogens (primary N) is 1. The molecule has 2 aromatic heterocycles. The Morgan fingerprint density at radius 2 is 1.14 bits per heavy atom. The van der Waals surface area contributed by atoms with Crippen LogP contribution in [0.3, 0.4) is 0 Å². The first-order chi connectivity index (χ1) is 48.5. The van der Waals surface area contributed by atoms with Gasteiger partial charge in [0, 0.05) is 63.1 Å². The first-order valence-corrected chi connectivity index (χ1v) is 38.7. The van der Waals surface area contributed by atoms with Crippen molar-refractivity contribution in [2.24, 2.45) is 10.8 Å². The number of ether oxygens (including phenoxy) is 13. The standard InChI is InChI=1S/C59H105N8O31P3S.2Na/c1-58(2,3)10-15-83-17-19-85-21-23-87-25-27-89-29-31-91-33-35-93-37-36-92-34-32-90-30-28-88-26-24-86-22-20-84-18-16-82-14-9-44(68)7-6-13-66-48(70)39-46(56(66)74)102-38-12-61-47(69)8-11-62-55(73)52(72)59(4,5)41-95-101(80,81)98-100(78,79)94-40-45-51(97-99(75,76)77)50(71)57(96-45)67-43-65-49-53(60)63-42-64-54(49)67;;/h42-43,45-46,50-52,57,71-72H,6-41H2,1-5H3,(H,61,69)(H,62,73)(H,78,79)(H,80,81)(H2,60,63,64)(H2,75,76,77);;/q;2*+1/p-2/t45-,46?,50+,51?,52+,57-;;/m1../s1. The number of nitrogen functional groups attached to an aromatic ring is 1. The first-order valence-electron chi connectivity index (χ1n) is 33.2. The molecule has 4 unspecified atom stereocenters. The first kappa shape index (κ1) is 98.3. The summed E-state index contributed by atoms with van der Waals surface area (Å²) in [7, 11) is -17.2. The quantitative estimate of drug-likeness (QED) is 0.0140. The fourth-order valence-electron chi connectivity index (χ4n) is 8.98. The van der Waals surface area contributed by atoms with Crippen molar-refractivity contribution < 1.29 is 206 Å². The van der Waals surface area contributed by atoms with Crippen molar-refractivity contribution in [3.63, 3.8) is 0 Å². The van der Waals surface area contributed by atoms with Crippen molar-refractivity contribution in [2.75, 3.05) is 203 Å². The number of aromatic nitrogens is 4. The minimum atomic E-state index is -5.94. The number of imide groups is 1. The molecule has 2 aliphatic rings. The summed E-state index contributed by atoms with van der Waals surface area (Å²) in [4.78, 5) is 121. The molecule has 0 aromatic carbocycles. The Hall–Kier alpha value is -1.78. The summed E-state index contributed by atoms with van der Waals surface area (Å²) in [6, 6.07) is 0. The van der Waals surface area contributed by atoms with Crippen LogP contribution < -0.4 is 85.3 Å². The van der Waals surface area contributed by atoms with Crippen LogP contribution in [0, 0.1) is 10.8 Å². The maximum Gasteiger partial charge on any atom is 1.00 e. The van der Waals surface area contributed by atoms with E-state index in [9.17, 15) is 67.5 Å². The summed E-state index contributed by atoms with van der Waals surface area (Å²) in [5.41, 5.74) is 4.36. The van der Waals surface area contributed by atoms with Gasteiger partial charge in [-0.25, -0.2) is 23.8 Å². The third-order valence-electron chi connectivity index (χ3n) is 14.5.